The highest BCUT2D eigenvalue weighted by atomic mass is 32.1. The van der Waals surface area contributed by atoms with Crippen LogP contribution in [-0.4, -0.2) is 44.9 Å². The number of carbonyl (C=O) groups excluding carboxylic acids is 1. The number of thiophene rings is 1. The number of benzene rings is 2. The van der Waals surface area contributed by atoms with Crippen molar-refractivity contribution < 1.29 is 14.3 Å². The number of rotatable bonds is 6. The maximum atomic E-state index is 13.2. The second-order valence-corrected chi connectivity index (χ2v) is 8.40. The Morgan fingerprint density at radius 3 is 2.42 bits per heavy atom. The molecule has 0 saturated carbocycles. The Kier molecular flexibility index (Phi) is 5.95. The van der Waals surface area contributed by atoms with Gasteiger partial charge in [0, 0.05) is 31.8 Å². The molecule has 160 valence electrons. The molecule has 1 aliphatic heterocycles. The van der Waals surface area contributed by atoms with Crippen LogP contribution in [-0.2, 0) is 0 Å². The van der Waals surface area contributed by atoms with Crippen molar-refractivity contribution in [1.29, 1.82) is 0 Å². The normalized spacial score (nSPS) is 15.5. The van der Waals surface area contributed by atoms with Crippen molar-refractivity contribution in [3.05, 3.63) is 76.0 Å². The van der Waals surface area contributed by atoms with E-state index in [0.29, 0.717) is 22.8 Å². The van der Waals surface area contributed by atoms with Gasteiger partial charge in [0.25, 0.3) is 5.91 Å². The van der Waals surface area contributed by atoms with Crippen LogP contribution in [0.3, 0.4) is 0 Å². The summed E-state index contributed by atoms with van der Waals surface area (Å²) in [7, 11) is 7.24. The quantitative estimate of drug-likeness (QED) is 0.557. The second kappa shape index (κ2) is 8.81. The highest BCUT2D eigenvalue weighted by Gasteiger charge is 2.34. The molecule has 1 aromatic heterocycles. The van der Waals surface area contributed by atoms with Crippen molar-refractivity contribution in [2.75, 3.05) is 33.2 Å². The molecule has 6 nitrogen and oxygen atoms in total. The average Bonchev–Trinajstić information content (AvgIpc) is 3.49. The first-order valence-electron chi connectivity index (χ1n) is 9.96. The molecule has 7 heteroatoms. The number of ether oxygens (including phenoxy) is 2. The average molecular weight is 436 g/mol. The van der Waals surface area contributed by atoms with E-state index in [1.54, 1.807) is 19.2 Å². The van der Waals surface area contributed by atoms with Gasteiger partial charge in [-0.3, -0.25) is 4.79 Å². The largest absolute Gasteiger partial charge is 0.493 e. The molecule has 1 aliphatic rings. The molecule has 1 amide bonds. The Labute approximate surface area is 186 Å². The Hall–Kier alpha value is -3.32. The number of anilines is 1. The summed E-state index contributed by atoms with van der Waals surface area (Å²) < 4.78 is 10.8. The maximum Gasteiger partial charge on any atom is 0.284 e. The zero-order valence-corrected chi connectivity index (χ0v) is 18.8. The molecule has 2 heterocycles. The van der Waals surface area contributed by atoms with E-state index in [1.165, 1.54) is 11.3 Å². The van der Waals surface area contributed by atoms with Crippen molar-refractivity contribution in [3.63, 3.8) is 0 Å². The summed E-state index contributed by atoms with van der Waals surface area (Å²) >= 11 is 1.43. The second-order valence-electron chi connectivity index (χ2n) is 7.45. The van der Waals surface area contributed by atoms with Crippen molar-refractivity contribution in [2.24, 2.45) is 5.10 Å². The lowest BCUT2D eigenvalue weighted by molar-refractivity contribution is 0.0716. The molecule has 0 unspecified atom stereocenters. The van der Waals surface area contributed by atoms with Gasteiger partial charge >= 0.3 is 0 Å². The molecule has 0 saturated heterocycles. The molecular formula is C24H25N3O3S. The first kappa shape index (κ1) is 20.9. The van der Waals surface area contributed by atoms with Gasteiger partial charge in [-0.15, -0.1) is 11.3 Å². The number of carbonyl (C=O) groups is 1. The monoisotopic (exact) mass is 435 g/mol. The van der Waals surface area contributed by atoms with Crippen LogP contribution in [0.25, 0.3) is 0 Å². The van der Waals surface area contributed by atoms with Gasteiger partial charge in [0.15, 0.2) is 11.5 Å². The summed E-state index contributed by atoms with van der Waals surface area (Å²) in [4.78, 5) is 16.0. The van der Waals surface area contributed by atoms with Crippen LogP contribution in [0.5, 0.6) is 11.5 Å². The molecule has 0 radical (unpaired) electrons. The molecule has 0 bridgehead atoms. The number of methoxy groups -OCH3 is 2. The first-order chi connectivity index (χ1) is 15.0. The number of amides is 1. The Bertz CT molecular complexity index is 1090. The van der Waals surface area contributed by atoms with Gasteiger partial charge in [-0.1, -0.05) is 18.2 Å². The Morgan fingerprint density at radius 2 is 1.81 bits per heavy atom. The van der Waals surface area contributed by atoms with E-state index in [-0.39, 0.29) is 11.9 Å². The number of hydrogen-bond acceptors (Lipinski definition) is 6. The lowest BCUT2D eigenvalue weighted by Crippen LogP contribution is -2.26. The van der Waals surface area contributed by atoms with E-state index >= 15 is 0 Å². The highest BCUT2D eigenvalue weighted by molar-refractivity contribution is 7.12. The van der Waals surface area contributed by atoms with Crippen molar-refractivity contribution >= 4 is 28.6 Å². The van der Waals surface area contributed by atoms with E-state index in [2.05, 4.69) is 29.2 Å². The third kappa shape index (κ3) is 4.14. The standard InChI is InChI=1S/C24H25N3O3S/c1-26(2)18-10-7-16(8-11-18)20-15-19(17-9-12-21(29-3)22(14-17)30-4)25-27(20)24(28)23-6-5-13-31-23/h5-14,20H,15H2,1-4H3/t20-/m0/s1. The Morgan fingerprint density at radius 1 is 1.06 bits per heavy atom. The van der Waals surface area contributed by atoms with Crippen LogP contribution in [0.2, 0.25) is 0 Å². The van der Waals surface area contributed by atoms with Crippen molar-refractivity contribution in [2.45, 2.75) is 12.5 Å². The van der Waals surface area contributed by atoms with E-state index < -0.39 is 0 Å². The zero-order valence-electron chi connectivity index (χ0n) is 18.0. The molecular weight excluding hydrogens is 410 g/mol. The summed E-state index contributed by atoms with van der Waals surface area (Å²) in [5.74, 6) is 1.21. The minimum absolute atomic E-state index is 0.0906. The molecule has 2 aromatic carbocycles. The fourth-order valence-electron chi connectivity index (χ4n) is 3.66. The SMILES string of the molecule is COc1ccc(C2=NN(C(=O)c3cccs3)[C@H](c3ccc(N(C)C)cc3)C2)cc1OC. The maximum absolute atomic E-state index is 13.2. The van der Waals surface area contributed by atoms with Crippen LogP contribution in [0.1, 0.15) is 33.3 Å². The summed E-state index contributed by atoms with van der Waals surface area (Å²) in [6.07, 6.45) is 0.619. The lowest BCUT2D eigenvalue weighted by Gasteiger charge is -2.22. The molecule has 31 heavy (non-hydrogen) atoms. The lowest BCUT2D eigenvalue weighted by atomic mass is 9.98. The first-order valence-corrected chi connectivity index (χ1v) is 10.8. The molecule has 0 aliphatic carbocycles. The summed E-state index contributed by atoms with van der Waals surface area (Å²) in [6, 6.07) is 17.5. The van der Waals surface area contributed by atoms with Crippen LogP contribution in [0.15, 0.2) is 65.1 Å². The van der Waals surface area contributed by atoms with Crippen molar-refractivity contribution in [3.8, 4) is 11.5 Å². The van der Waals surface area contributed by atoms with E-state index in [1.807, 2.05) is 49.8 Å². The number of hydrogen-bond donors (Lipinski definition) is 0. The van der Waals surface area contributed by atoms with Gasteiger partial charge in [0.2, 0.25) is 0 Å². The minimum atomic E-state index is -0.172. The molecule has 0 fully saturated rings. The zero-order chi connectivity index (χ0) is 22.0. The summed E-state index contributed by atoms with van der Waals surface area (Å²) in [6.45, 7) is 0. The van der Waals surface area contributed by atoms with Crippen LogP contribution < -0.4 is 14.4 Å². The van der Waals surface area contributed by atoms with Gasteiger partial charge < -0.3 is 14.4 Å². The van der Waals surface area contributed by atoms with E-state index in [9.17, 15) is 4.79 Å². The van der Waals surface area contributed by atoms with Crippen LogP contribution in [0, 0.1) is 0 Å². The predicted molar refractivity (Wildman–Crippen MR) is 125 cm³/mol. The fourth-order valence-corrected chi connectivity index (χ4v) is 4.31. The predicted octanol–water partition coefficient (Wildman–Crippen LogP) is 4.82. The summed E-state index contributed by atoms with van der Waals surface area (Å²) in [5.41, 5.74) is 3.91. The van der Waals surface area contributed by atoms with Crippen LogP contribution >= 0.6 is 11.3 Å². The van der Waals surface area contributed by atoms with E-state index in [0.717, 1.165) is 22.5 Å². The van der Waals surface area contributed by atoms with Gasteiger partial charge in [0.1, 0.15) is 0 Å². The topological polar surface area (TPSA) is 54.4 Å². The summed E-state index contributed by atoms with van der Waals surface area (Å²) in [5, 5.41) is 8.28. The van der Waals surface area contributed by atoms with Gasteiger partial charge in [-0.05, 0) is 47.3 Å². The molecule has 0 N–H and O–H groups in total. The van der Waals surface area contributed by atoms with Gasteiger partial charge in [0.05, 0.1) is 30.9 Å². The molecule has 4 rings (SSSR count). The number of nitrogens with zero attached hydrogens (tertiary/aromatic N) is 3. The smallest absolute Gasteiger partial charge is 0.284 e. The highest BCUT2D eigenvalue weighted by Crippen LogP contribution is 2.37. The van der Waals surface area contributed by atoms with E-state index in [4.69, 9.17) is 14.6 Å². The number of hydrazone groups is 1. The minimum Gasteiger partial charge on any atom is -0.493 e. The Balaban J connectivity index is 1.71. The fraction of sp³-hybridized carbons (Fsp3) is 0.250. The van der Waals surface area contributed by atoms with Gasteiger partial charge in [-0.2, -0.15) is 5.10 Å². The van der Waals surface area contributed by atoms with Crippen LogP contribution in [0.4, 0.5) is 5.69 Å². The molecule has 3 aromatic rings. The van der Waals surface area contributed by atoms with Gasteiger partial charge in [-0.25, -0.2) is 5.01 Å². The molecule has 0 spiro atoms. The third-order valence-electron chi connectivity index (χ3n) is 5.36. The third-order valence-corrected chi connectivity index (χ3v) is 6.22. The molecule has 1 atom stereocenters. The van der Waals surface area contributed by atoms with Crippen molar-refractivity contribution in [1.82, 2.24) is 5.01 Å².